The fourth-order valence-corrected chi connectivity index (χ4v) is 2.87. The maximum atomic E-state index is 11.1. The van der Waals surface area contributed by atoms with Crippen LogP contribution in [0.1, 0.15) is 29.3 Å². The molecular weight excluding hydrogens is 365 g/mol. The Morgan fingerprint density at radius 3 is 2.44 bits per heavy atom. The maximum Gasteiger partial charge on any atom is 0.335 e. The number of methoxy groups -OCH3 is 1. The average Bonchev–Trinajstić information content (AvgIpc) is 2.59. The van der Waals surface area contributed by atoms with Crippen molar-refractivity contribution < 1.29 is 19.4 Å². The van der Waals surface area contributed by atoms with Gasteiger partial charge in [-0.2, -0.15) is 0 Å². The van der Waals surface area contributed by atoms with Crippen molar-refractivity contribution in [3.8, 4) is 11.5 Å². The van der Waals surface area contributed by atoms with Gasteiger partial charge in [-0.05, 0) is 42.3 Å². The molecule has 0 aliphatic rings. The normalized spacial score (nSPS) is 10.4. The van der Waals surface area contributed by atoms with Crippen LogP contribution in [0.5, 0.6) is 11.5 Å². The summed E-state index contributed by atoms with van der Waals surface area (Å²) in [6.45, 7) is 2.93. The van der Waals surface area contributed by atoms with Gasteiger partial charge in [-0.25, -0.2) is 4.79 Å². The summed E-state index contributed by atoms with van der Waals surface area (Å²) in [7, 11) is 1.52. The SMILES string of the molecule is CCCOc1c(Cl)cc(CNc2cc(C(=O)O)ccc2OC)cc1Cl. The number of carbonyl (C=O) groups is 1. The number of carboxylic acid groups (broad SMARTS) is 1. The number of anilines is 1. The summed E-state index contributed by atoms with van der Waals surface area (Å²) in [5.74, 6) is 0.0127. The van der Waals surface area contributed by atoms with E-state index in [-0.39, 0.29) is 5.56 Å². The van der Waals surface area contributed by atoms with Crippen molar-refractivity contribution in [3.05, 3.63) is 51.5 Å². The highest BCUT2D eigenvalue weighted by molar-refractivity contribution is 6.37. The van der Waals surface area contributed by atoms with E-state index in [0.29, 0.717) is 40.4 Å². The lowest BCUT2D eigenvalue weighted by atomic mass is 10.1. The van der Waals surface area contributed by atoms with Crippen LogP contribution in [0.25, 0.3) is 0 Å². The topological polar surface area (TPSA) is 67.8 Å². The molecule has 0 aliphatic heterocycles. The van der Waals surface area contributed by atoms with Gasteiger partial charge >= 0.3 is 5.97 Å². The summed E-state index contributed by atoms with van der Waals surface area (Å²) in [4.78, 5) is 11.1. The second-order valence-corrected chi connectivity index (χ2v) is 6.13. The summed E-state index contributed by atoms with van der Waals surface area (Å²) in [6, 6.07) is 8.13. The van der Waals surface area contributed by atoms with Crippen molar-refractivity contribution in [3.63, 3.8) is 0 Å². The fraction of sp³-hybridized carbons (Fsp3) is 0.278. The van der Waals surface area contributed by atoms with Gasteiger partial charge in [0, 0.05) is 6.54 Å². The van der Waals surface area contributed by atoms with E-state index in [0.717, 1.165) is 12.0 Å². The Bertz CT molecular complexity index is 742. The standard InChI is InChI=1S/C18H19Cl2NO4/c1-3-6-25-17-13(19)7-11(8-14(17)20)10-21-15-9-12(18(22)23)4-5-16(15)24-2/h4-5,7-9,21H,3,6,10H2,1-2H3,(H,22,23). The Balaban J connectivity index is 2.18. The highest BCUT2D eigenvalue weighted by Gasteiger charge is 2.12. The van der Waals surface area contributed by atoms with Crippen LogP contribution in [0.15, 0.2) is 30.3 Å². The number of hydrogen-bond acceptors (Lipinski definition) is 4. The van der Waals surface area contributed by atoms with E-state index < -0.39 is 5.97 Å². The molecule has 0 saturated heterocycles. The zero-order chi connectivity index (χ0) is 18.4. The molecule has 134 valence electrons. The highest BCUT2D eigenvalue weighted by Crippen LogP contribution is 2.35. The van der Waals surface area contributed by atoms with Crippen molar-refractivity contribution in [2.24, 2.45) is 0 Å². The molecule has 0 atom stereocenters. The van der Waals surface area contributed by atoms with Crippen LogP contribution < -0.4 is 14.8 Å². The minimum atomic E-state index is -1.01. The van der Waals surface area contributed by atoms with E-state index in [2.05, 4.69) is 5.32 Å². The Morgan fingerprint density at radius 2 is 1.88 bits per heavy atom. The van der Waals surface area contributed by atoms with Crippen LogP contribution >= 0.6 is 23.2 Å². The lowest BCUT2D eigenvalue weighted by molar-refractivity contribution is 0.0697. The Kier molecular flexibility index (Phi) is 6.79. The number of carboxylic acids is 1. The minimum Gasteiger partial charge on any atom is -0.495 e. The predicted octanol–water partition coefficient (Wildman–Crippen LogP) is 5.10. The predicted molar refractivity (Wildman–Crippen MR) is 99.5 cm³/mol. The summed E-state index contributed by atoms with van der Waals surface area (Å²) in [5, 5.41) is 13.1. The maximum absolute atomic E-state index is 11.1. The zero-order valence-electron chi connectivity index (χ0n) is 13.9. The first-order valence-corrected chi connectivity index (χ1v) is 8.47. The van der Waals surface area contributed by atoms with E-state index in [4.69, 9.17) is 37.8 Å². The number of nitrogens with one attached hydrogen (secondary N) is 1. The molecule has 25 heavy (non-hydrogen) atoms. The first kappa shape index (κ1) is 19.2. The first-order valence-electron chi connectivity index (χ1n) is 7.72. The number of ether oxygens (including phenoxy) is 2. The van der Waals surface area contributed by atoms with Gasteiger partial charge in [-0.3, -0.25) is 0 Å². The third-order valence-corrected chi connectivity index (χ3v) is 4.00. The lowest BCUT2D eigenvalue weighted by Gasteiger charge is -2.14. The highest BCUT2D eigenvalue weighted by atomic mass is 35.5. The Morgan fingerprint density at radius 1 is 1.20 bits per heavy atom. The van der Waals surface area contributed by atoms with E-state index in [1.165, 1.54) is 19.2 Å². The van der Waals surface area contributed by atoms with Gasteiger partial charge < -0.3 is 19.9 Å². The number of halogens is 2. The number of hydrogen-bond donors (Lipinski definition) is 2. The van der Waals surface area contributed by atoms with E-state index in [1.807, 2.05) is 6.92 Å². The van der Waals surface area contributed by atoms with E-state index in [1.54, 1.807) is 18.2 Å². The molecular formula is C18H19Cl2NO4. The summed E-state index contributed by atoms with van der Waals surface area (Å²) < 4.78 is 10.8. The number of rotatable bonds is 8. The molecule has 2 aromatic carbocycles. The van der Waals surface area contributed by atoms with Gasteiger partial charge in [0.1, 0.15) is 5.75 Å². The molecule has 0 fully saturated rings. The quantitative estimate of drug-likeness (QED) is 0.663. The van der Waals surface area contributed by atoms with Crippen LogP contribution in [-0.2, 0) is 6.54 Å². The summed E-state index contributed by atoms with van der Waals surface area (Å²) >= 11 is 12.5. The largest absolute Gasteiger partial charge is 0.495 e. The van der Waals surface area contributed by atoms with Crippen molar-refractivity contribution in [1.29, 1.82) is 0 Å². The second kappa shape index (κ2) is 8.83. The van der Waals surface area contributed by atoms with Crippen LogP contribution in [0.3, 0.4) is 0 Å². The Hall–Kier alpha value is -2.11. The molecule has 0 amide bonds. The fourth-order valence-electron chi connectivity index (χ4n) is 2.23. The van der Waals surface area contributed by atoms with Gasteiger partial charge in [0.05, 0.1) is 35.0 Å². The molecule has 0 aliphatic carbocycles. The van der Waals surface area contributed by atoms with Crippen molar-refractivity contribution in [2.75, 3.05) is 19.0 Å². The van der Waals surface area contributed by atoms with Gasteiger partial charge in [-0.15, -0.1) is 0 Å². The molecule has 0 aromatic heterocycles. The average molecular weight is 384 g/mol. The smallest absolute Gasteiger partial charge is 0.335 e. The molecule has 2 N–H and O–H groups in total. The van der Waals surface area contributed by atoms with Crippen LogP contribution in [-0.4, -0.2) is 24.8 Å². The second-order valence-electron chi connectivity index (χ2n) is 5.31. The molecule has 2 aromatic rings. The third kappa shape index (κ3) is 4.94. The number of benzene rings is 2. The van der Waals surface area contributed by atoms with Crippen molar-refractivity contribution in [1.82, 2.24) is 0 Å². The number of aromatic carboxylic acids is 1. The molecule has 0 radical (unpaired) electrons. The molecule has 2 rings (SSSR count). The van der Waals surface area contributed by atoms with Gasteiger partial charge in [0.25, 0.3) is 0 Å². The van der Waals surface area contributed by atoms with E-state index >= 15 is 0 Å². The van der Waals surface area contributed by atoms with Gasteiger partial charge in [-0.1, -0.05) is 30.1 Å². The van der Waals surface area contributed by atoms with Crippen LogP contribution in [0, 0.1) is 0 Å². The first-order chi connectivity index (χ1) is 12.0. The summed E-state index contributed by atoms with van der Waals surface area (Å²) in [5.41, 5.74) is 1.57. The van der Waals surface area contributed by atoms with Crippen molar-refractivity contribution in [2.45, 2.75) is 19.9 Å². The third-order valence-electron chi connectivity index (χ3n) is 3.44. The minimum absolute atomic E-state index is 0.169. The zero-order valence-corrected chi connectivity index (χ0v) is 15.4. The molecule has 0 unspecified atom stereocenters. The van der Waals surface area contributed by atoms with Gasteiger partial charge in [0.15, 0.2) is 5.75 Å². The molecule has 7 heteroatoms. The summed E-state index contributed by atoms with van der Waals surface area (Å²) in [6.07, 6.45) is 0.857. The van der Waals surface area contributed by atoms with E-state index in [9.17, 15) is 4.79 Å². The lowest BCUT2D eigenvalue weighted by Crippen LogP contribution is -2.05. The molecule has 0 saturated carbocycles. The Labute approximate surface area is 156 Å². The van der Waals surface area contributed by atoms with Crippen LogP contribution in [0.4, 0.5) is 5.69 Å². The molecule has 5 nitrogen and oxygen atoms in total. The van der Waals surface area contributed by atoms with Gasteiger partial charge in [0.2, 0.25) is 0 Å². The molecule has 0 bridgehead atoms. The monoisotopic (exact) mass is 383 g/mol. The molecule has 0 spiro atoms. The molecule has 0 heterocycles. The van der Waals surface area contributed by atoms with Crippen LogP contribution in [0.2, 0.25) is 10.0 Å². The van der Waals surface area contributed by atoms with Crippen molar-refractivity contribution >= 4 is 34.9 Å².